The Morgan fingerprint density at radius 1 is 1.09 bits per heavy atom. The molecule has 0 aliphatic heterocycles. The van der Waals surface area contributed by atoms with Crippen molar-refractivity contribution in [3.05, 3.63) is 0 Å². The van der Waals surface area contributed by atoms with Gasteiger partial charge in [-0.05, 0) is 12.8 Å². The predicted molar refractivity (Wildman–Crippen MR) is 49.8 cm³/mol. The van der Waals surface area contributed by atoms with Crippen LogP contribution in [0.25, 0.3) is 0 Å². The standard InChI is InChI=1S/C10H22O/c1-4-6-7-8-9-10(5-2)11-3/h10H,4-9H2,1-3H3. The van der Waals surface area contributed by atoms with Gasteiger partial charge < -0.3 is 4.74 Å². The van der Waals surface area contributed by atoms with Gasteiger partial charge in [-0.15, -0.1) is 0 Å². The quantitative estimate of drug-likeness (QED) is 0.516. The molecule has 0 aromatic rings. The molecule has 0 aromatic carbocycles. The van der Waals surface area contributed by atoms with Crippen molar-refractivity contribution in [2.24, 2.45) is 0 Å². The molecule has 0 spiro atoms. The van der Waals surface area contributed by atoms with Crippen LogP contribution in [-0.4, -0.2) is 13.2 Å². The van der Waals surface area contributed by atoms with Crippen LogP contribution in [0.5, 0.6) is 0 Å². The number of unbranched alkanes of at least 4 members (excludes halogenated alkanes) is 3. The summed E-state index contributed by atoms with van der Waals surface area (Å²) < 4.78 is 5.28. The maximum Gasteiger partial charge on any atom is 0.0568 e. The summed E-state index contributed by atoms with van der Waals surface area (Å²) >= 11 is 0. The normalized spacial score (nSPS) is 13.4. The lowest BCUT2D eigenvalue weighted by atomic mass is 10.1. The van der Waals surface area contributed by atoms with E-state index in [2.05, 4.69) is 13.8 Å². The van der Waals surface area contributed by atoms with E-state index in [0.29, 0.717) is 6.10 Å². The van der Waals surface area contributed by atoms with E-state index in [1.807, 2.05) is 7.11 Å². The van der Waals surface area contributed by atoms with Crippen molar-refractivity contribution < 1.29 is 4.74 Å². The molecule has 1 atom stereocenters. The summed E-state index contributed by atoms with van der Waals surface area (Å²) in [5.74, 6) is 0. The number of ether oxygens (including phenoxy) is 1. The Morgan fingerprint density at radius 3 is 2.27 bits per heavy atom. The minimum Gasteiger partial charge on any atom is -0.381 e. The van der Waals surface area contributed by atoms with Crippen LogP contribution in [-0.2, 0) is 4.74 Å². The van der Waals surface area contributed by atoms with Crippen LogP contribution in [0.3, 0.4) is 0 Å². The van der Waals surface area contributed by atoms with Crippen molar-refractivity contribution in [3.63, 3.8) is 0 Å². The molecule has 0 aromatic heterocycles. The van der Waals surface area contributed by atoms with Crippen LogP contribution in [0, 0.1) is 0 Å². The van der Waals surface area contributed by atoms with E-state index in [1.54, 1.807) is 0 Å². The maximum atomic E-state index is 5.28. The lowest BCUT2D eigenvalue weighted by Crippen LogP contribution is -2.07. The molecule has 0 saturated carbocycles. The zero-order chi connectivity index (χ0) is 8.53. The molecule has 0 bridgehead atoms. The monoisotopic (exact) mass is 158 g/mol. The largest absolute Gasteiger partial charge is 0.381 e. The lowest BCUT2D eigenvalue weighted by Gasteiger charge is -2.11. The van der Waals surface area contributed by atoms with E-state index in [-0.39, 0.29) is 0 Å². The van der Waals surface area contributed by atoms with Crippen molar-refractivity contribution >= 4 is 0 Å². The summed E-state index contributed by atoms with van der Waals surface area (Å²) in [7, 11) is 1.81. The fourth-order valence-electron chi connectivity index (χ4n) is 1.29. The Morgan fingerprint density at radius 2 is 1.82 bits per heavy atom. The molecule has 68 valence electrons. The second kappa shape index (κ2) is 8.06. The molecule has 0 rings (SSSR count). The first kappa shape index (κ1) is 11.0. The van der Waals surface area contributed by atoms with Gasteiger partial charge in [-0.1, -0.05) is 39.5 Å². The molecule has 0 radical (unpaired) electrons. The molecule has 1 heteroatoms. The van der Waals surface area contributed by atoms with Gasteiger partial charge in [0, 0.05) is 7.11 Å². The molecule has 1 unspecified atom stereocenters. The number of methoxy groups -OCH3 is 1. The van der Waals surface area contributed by atoms with E-state index in [1.165, 1.54) is 32.1 Å². The molecule has 0 heterocycles. The highest BCUT2D eigenvalue weighted by atomic mass is 16.5. The SMILES string of the molecule is CCCCCCC(CC)OC. The Bertz CT molecular complexity index is 67.3. The van der Waals surface area contributed by atoms with Crippen LogP contribution in [0.1, 0.15) is 52.4 Å². The second-order valence-corrected chi connectivity index (χ2v) is 3.12. The van der Waals surface area contributed by atoms with Gasteiger partial charge in [-0.3, -0.25) is 0 Å². The summed E-state index contributed by atoms with van der Waals surface area (Å²) in [6.07, 6.45) is 8.31. The molecule has 1 nitrogen and oxygen atoms in total. The summed E-state index contributed by atoms with van der Waals surface area (Å²) in [5.41, 5.74) is 0. The summed E-state index contributed by atoms with van der Waals surface area (Å²) in [6.45, 7) is 4.43. The Kier molecular flexibility index (Phi) is 8.03. The third-order valence-corrected chi connectivity index (χ3v) is 2.17. The highest BCUT2D eigenvalue weighted by Gasteiger charge is 2.01. The van der Waals surface area contributed by atoms with E-state index in [0.717, 1.165) is 6.42 Å². The Labute approximate surface area is 71.1 Å². The van der Waals surface area contributed by atoms with Gasteiger partial charge >= 0.3 is 0 Å². The van der Waals surface area contributed by atoms with Gasteiger partial charge in [0.05, 0.1) is 6.10 Å². The second-order valence-electron chi connectivity index (χ2n) is 3.12. The van der Waals surface area contributed by atoms with Crippen LogP contribution in [0.2, 0.25) is 0 Å². The average Bonchev–Trinajstić information content (AvgIpc) is 2.05. The van der Waals surface area contributed by atoms with Crippen LogP contribution >= 0.6 is 0 Å². The smallest absolute Gasteiger partial charge is 0.0568 e. The molecular weight excluding hydrogens is 136 g/mol. The first-order chi connectivity index (χ1) is 5.35. The lowest BCUT2D eigenvalue weighted by molar-refractivity contribution is 0.0897. The predicted octanol–water partition coefficient (Wildman–Crippen LogP) is 3.38. The zero-order valence-corrected chi connectivity index (χ0v) is 8.23. The van der Waals surface area contributed by atoms with Gasteiger partial charge in [0.2, 0.25) is 0 Å². The van der Waals surface area contributed by atoms with Gasteiger partial charge in [-0.25, -0.2) is 0 Å². The Balaban J connectivity index is 3.07. The molecule has 0 N–H and O–H groups in total. The number of hydrogen-bond acceptors (Lipinski definition) is 1. The molecule has 0 saturated heterocycles. The maximum absolute atomic E-state index is 5.28. The third kappa shape index (κ3) is 6.36. The van der Waals surface area contributed by atoms with E-state index in [9.17, 15) is 0 Å². The topological polar surface area (TPSA) is 9.23 Å². The third-order valence-electron chi connectivity index (χ3n) is 2.17. The van der Waals surface area contributed by atoms with Gasteiger partial charge in [-0.2, -0.15) is 0 Å². The first-order valence-corrected chi connectivity index (χ1v) is 4.87. The van der Waals surface area contributed by atoms with Crippen molar-refractivity contribution in [2.75, 3.05) is 7.11 Å². The molecule has 11 heavy (non-hydrogen) atoms. The minimum absolute atomic E-state index is 0.506. The summed E-state index contributed by atoms with van der Waals surface area (Å²) in [5, 5.41) is 0. The van der Waals surface area contributed by atoms with E-state index >= 15 is 0 Å². The summed E-state index contributed by atoms with van der Waals surface area (Å²) in [6, 6.07) is 0. The summed E-state index contributed by atoms with van der Waals surface area (Å²) in [4.78, 5) is 0. The van der Waals surface area contributed by atoms with Crippen molar-refractivity contribution in [1.29, 1.82) is 0 Å². The first-order valence-electron chi connectivity index (χ1n) is 4.87. The molecular formula is C10H22O. The Hall–Kier alpha value is -0.0400. The van der Waals surface area contributed by atoms with Crippen molar-refractivity contribution in [2.45, 2.75) is 58.5 Å². The molecule has 0 fully saturated rings. The van der Waals surface area contributed by atoms with E-state index in [4.69, 9.17) is 4.74 Å². The van der Waals surface area contributed by atoms with E-state index < -0.39 is 0 Å². The number of hydrogen-bond donors (Lipinski definition) is 0. The molecule has 0 aliphatic rings. The van der Waals surface area contributed by atoms with Crippen molar-refractivity contribution in [1.82, 2.24) is 0 Å². The van der Waals surface area contributed by atoms with Gasteiger partial charge in [0.1, 0.15) is 0 Å². The highest BCUT2D eigenvalue weighted by Crippen LogP contribution is 2.09. The van der Waals surface area contributed by atoms with Gasteiger partial charge in [0.15, 0.2) is 0 Å². The zero-order valence-electron chi connectivity index (χ0n) is 8.23. The number of rotatable bonds is 7. The van der Waals surface area contributed by atoms with Crippen LogP contribution < -0.4 is 0 Å². The highest BCUT2D eigenvalue weighted by molar-refractivity contribution is 4.54. The van der Waals surface area contributed by atoms with Gasteiger partial charge in [0.25, 0.3) is 0 Å². The molecule has 0 amide bonds. The average molecular weight is 158 g/mol. The minimum atomic E-state index is 0.506. The fourth-order valence-corrected chi connectivity index (χ4v) is 1.29. The van der Waals surface area contributed by atoms with Crippen LogP contribution in [0.15, 0.2) is 0 Å². The van der Waals surface area contributed by atoms with Crippen molar-refractivity contribution in [3.8, 4) is 0 Å². The molecule has 0 aliphatic carbocycles. The fraction of sp³-hybridized carbons (Fsp3) is 1.00. The van der Waals surface area contributed by atoms with Crippen LogP contribution in [0.4, 0.5) is 0 Å².